The van der Waals surface area contributed by atoms with E-state index in [1.807, 2.05) is 0 Å². The maximum Gasteiger partial charge on any atom is 0.416 e. The van der Waals surface area contributed by atoms with Crippen LogP contribution in [-0.2, 0) is 15.7 Å². The zero-order valence-electron chi connectivity index (χ0n) is 18.2. The second-order valence-corrected chi connectivity index (χ2v) is 7.41. The molecule has 1 aliphatic heterocycles. The Bertz CT molecular complexity index is 1300. The molecule has 0 aliphatic carbocycles. The Hall–Kier alpha value is -4.14. The summed E-state index contributed by atoms with van der Waals surface area (Å²) in [4.78, 5) is 24.7. The van der Waals surface area contributed by atoms with E-state index in [1.165, 1.54) is 18.2 Å². The third-order valence-electron chi connectivity index (χ3n) is 5.07. The molecule has 0 bridgehead atoms. The molecule has 2 aromatic carbocycles. The van der Waals surface area contributed by atoms with Crippen LogP contribution < -0.4 is 5.01 Å². The molecule has 0 saturated carbocycles. The summed E-state index contributed by atoms with van der Waals surface area (Å²) >= 11 is 0. The number of esters is 1. The number of benzene rings is 2. The highest BCUT2D eigenvalue weighted by atomic mass is 19.4. The van der Waals surface area contributed by atoms with Crippen LogP contribution in [0.4, 0.5) is 18.9 Å². The van der Waals surface area contributed by atoms with Gasteiger partial charge in [-0.05, 0) is 62.4 Å². The van der Waals surface area contributed by atoms with Gasteiger partial charge in [0.1, 0.15) is 11.5 Å². The number of nitrogens with zero attached hydrogens (tertiary/aromatic N) is 2. The molecule has 0 saturated heterocycles. The number of amides is 1. The topological polar surface area (TPSA) is 72.1 Å². The summed E-state index contributed by atoms with van der Waals surface area (Å²) < 4.78 is 49.9. The quantitative estimate of drug-likeness (QED) is 0.343. The molecule has 3 aromatic rings. The first kappa shape index (κ1) is 23.0. The zero-order chi connectivity index (χ0) is 24.5. The molecule has 0 N–H and O–H groups in total. The highest BCUT2D eigenvalue weighted by molar-refractivity contribution is 6.32. The first-order chi connectivity index (χ1) is 16.2. The van der Waals surface area contributed by atoms with Gasteiger partial charge >= 0.3 is 12.1 Å². The summed E-state index contributed by atoms with van der Waals surface area (Å²) in [5.74, 6) is -0.0994. The van der Waals surface area contributed by atoms with Gasteiger partial charge in [-0.1, -0.05) is 18.2 Å². The molecule has 0 fully saturated rings. The summed E-state index contributed by atoms with van der Waals surface area (Å²) in [6, 6.07) is 14.5. The molecule has 6 nitrogen and oxygen atoms in total. The molecule has 4 rings (SSSR count). The smallest absolute Gasteiger partial charge is 0.416 e. The van der Waals surface area contributed by atoms with Gasteiger partial charge in [0.15, 0.2) is 0 Å². The lowest BCUT2D eigenvalue weighted by Crippen LogP contribution is -2.21. The van der Waals surface area contributed by atoms with Crippen molar-refractivity contribution in [3.63, 3.8) is 0 Å². The van der Waals surface area contributed by atoms with E-state index in [2.05, 4.69) is 5.10 Å². The van der Waals surface area contributed by atoms with Crippen LogP contribution in [0.25, 0.3) is 17.4 Å². The summed E-state index contributed by atoms with van der Waals surface area (Å²) in [7, 11) is 0. The van der Waals surface area contributed by atoms with Crippen LogP contribution in [0.3, 0.4) is 0 Å². The first-order valence-electron chi connectivity index (χ1n) is 10.3. The van der Waals surface area contributed by atoms with Crippen LogP contribution in [0.5, 0.6) is 0 Å². The normalized spacial score (nSPS) is 15.1. The maximum atomic E-state index is 13.0. The molecule has 0 spiro atoms. The van der Waals surface area contributed by atoms with E-state index in [0.717, 1.165) is 17.1 Å². The standard InChI is InChI=1S/C25H19F3N2O4/c1-3-33-24(32)17-9-7-16(8-10-17)22-12-11-20(34-22)14-21-15(2)29-30(23(21)31)19-6-4-5-18(13-19)25(26,27)28/h4-14H,3H2,1-2H3/b21-14-. The van der Waals surface area contributed by atoms with Crippen LogP contribution in [0.15, 0.2) is 75.8 Å². The number of halogens is 3. The molecular formula is C25H19F3N2O4. The summed E-state index contributed by atoms with van der Waals surface area (Å²) in [5, 5.41) is 5.06. The van der Waals surface area contributed by atoms with Gasteiger partial charge in [-0.2, -0.15) is 23.3 Å². The number of ether oxygens (including phenoxy) is 1. The van der Waals surface area contributed by atoms with Crippen molar-refractivity contribution < 1.29 is 31.9 Å². The van der Waals surface area contributed by atoms with Crippen molar-refractivity contribution in [3.8, 4) is 11.3 Å². The fraction of sp³-hybridized carbons (Fsp3) is 0.160. The highest BCUT2D eigenvalue weighted by Crippen LogP contribution is 2.33. The lowest BCUT2D eigenvalue weighted by atomic mass is 10.1. The second-order valence-electron chi connectivity index (χ2n) is 7.41. The molecule has 0 atom stereocenters. The predicted molar refractivity (Wildman–Crippen MR) is 120 cm³/mol. The van der Waals surface area contributed by atoms with Crippen LogP contribution >= 0.6 is 0 Å². The number of hydrogen-bond donors (Lipinski definition) is 0. The number of rotatable bonds is 5. The van der Waals surface area contributed by atoms with Gasteiger partial charge < -0.3 is 9.15 Å². The Morgan fingerprint density at radius 2 is 1.85 bits per heavy atom. The van der Waals surface area contributed by atoms with E-state index in [4.69, 9.17) is 9.15 Å². The van der Waals surface area contributed by atoms with Gasteiger partial charge in [0, 0.05) is 5.56 Å². The Labute approximate surface area is 192 Å². The Kier molecular flexibility index (Phi) is 6.10. The van der Waals surface area contributed by atoms with Crippen LogP contribution in [-0.4, -0.2) is 24.2 Å². The van der Waals surface area contributed by atoms with Crippen molar-refractivity contribution in [1.29, 1.82) is 0 Å². The van der Waals surface area contributed by atoms with Gasteiger partial charge in [0.25, 0.3) is 5.91 Å². The monoisotopic (exact) mass is 468 g/mol. The Morgan fingerprint density at radius 3 is 2.53 bits per heavy atom. The molecule has 2 heterocycles. The summed E-state index contributed by atoms with van der Waals surface area (Å²) in [5.41, 5.74) is 0.830. The van der Waals surface area contributed by atoms with Crippen molar-refractivity contribution in [2.75, 3.05) is 11.6 Å². The number of carbonyl (C=O) groups excluding carboxylic acids is 2. The fourth-order valence-corrected chi connectivity index (χ4v) is 3.39. The van der Waals surface area contributed by atoms with Crippen LogP contribution in [0.2, 0.25) is 0 Å². The van der Waals surface area contributed by atoms with Gasteiger partial charge in [-0.3, -0.25) is 4.79 Å². The van der Waals surface area contributed by atoms with Crippen molar-refractivity contribution in [2.45, 2.75) is 20.0 Å². The average Bonchev–Trinajstić information content (AvgIpc) is 3.39. The third kappa shape index (κ3) is 4.63. The van der Waals surface area contributed by atoms with E-state index < -0.39 is 23.6 Å². The van der Waals surface area contributed by atoms with Crippen molar-refractivity contribution in [3.05, 3.63) is 83.1 Å². The number of furan rings is 1. The molecule has 174 valence electrons. The van der Waals surface area contributed by atoms with Crippen molar-refractivity contribution in [1.82, 2.24) is 0 Å². The third-order valence-corrected chi connectivity index (χ3v) is 5.07. The lowest BCUT2D eigenvalue weighted by Gasteiger charge is -2.14. The minimum absolute atomic E-state index is 0.0180. The molecule has 1 aromatic heterocycles. The van der Waals surface area contributed by atoms with Crippen molar-refractivity contribution in [2.24, 2.45) is 5.10 Å². The van der Waals surface area contributed by atoms with Crippen LogP contribution in [0.1, 0.15) is 35.5 Å². The SMILES string of the molecule is CCOC(=O)c1ccc(-c2ccc(/C=C3\C(=O)N(c4cccc(C(F)(F)F)c4)N=C3C)o2)cc1. The molecule has 0 unspecified atom stereocenters. The van der Waals surface area contributed by atoms with Gasteiger partial charge in [0.05, 0.1) is 34.7 Å². The number of hydrogen-bond acceptors (Lipinski definition) is 5. The Balaban J connectivity index is 1.55. The first-order valence-corrected chi connectivity index (χ1v) is 10.3. The number of hydrazone groups is 1. The van der Waals surface area contributed by atoms with E-state index in [0.29, 0.717) is 28.4 Å². The average molecular weight is 468 g/mol. The number of anilines is 1. The minimum atomic E-state index is -4.53. The minimum Gasteiger partial charge on any atom is -0.462 e. The molecule has 9 heteroatoms. The van der Waals surface area contributed by atoms with Gasteiger partial charge in [0.2, 0.25) is 0 Å². The van der Waals surface area contributed by atoms with Gasteiger partial charge in [-0.25, -0.2) is 4.79 Å². The summed E-state index contributed by atoms with van der Waals surface area (Å²) in [6.45, 7) is 3.60. The van der Waals surface area contributed by atoms with Gasteiger partial charge in [-0.15, -0.1) is 0 Å². The maximum absolute atomic E-state index is 13.0. The second kappa shape index (κ2) is 9.01. The molecule has 0 radical (unpaired) electrons. The predicted octanol–water partition coefficient (Wildman–Crippen LogP) is 5.95. The number of carbonyl (C=O) groups is 2. The molecule has 34 heavy (non-hydrogen) atoms. The Morgan fingerprint density at radius 1 is 1.12 bits per heavy atom. The van der Waals surface area contributed by atoms with E-state index in [-0.39, 0.29) is 17.9 Å². The zero-order valence-corrected chi connectivity index (χ0v) is 18.2. The molecule has 1 amide bonds. The lowest BCUT2D eigenvalue weighted by molar-refractivity contribution is -0.137. The molecular weight excluding hydrogens is 449 g/mol. The summed E-state index contributed by atoms with van der Waals surface area (Å²) in [6.07, 6.45) is -3.04. The largest absolute Gasteiger partial charge is 0.462 e. The fourth-order valence-electron chi connectivity index (χ4n) is 3.39. The number of alkyl halides is 3. The van der Waals surface area contributed by atoms with E-state index >= 15 is 0 Å². The highest BCUT2D eigenvalue weighted by Gasteiger charge is 2.33. The van der Waals surface area contributed by atoms with Crippen molar-refractivity contribution >= 4 is 29.4 Å². The molecule has 1 aliphatic rings. The van der Waals surface area contributed by atoms with E-state index in [9.17, 15) is 22.8 Å². The van der Waals surface area contributed by atoms with Crippen LogP contribution in [0, 0.1) is 0 Å². The van der Waals surface area contributed by atoms with E-state index in [1.54, 1.807) is 50.2 Å².